The number of ether oxygens (including phenoxy) is 2. The fourth-order valence-electron chi connectivity index (χ4n) is 4.57. The van der Waals surface area contributed by atoms with Crippen molar-refractivity contribution in [3.05, 3.63) is 53.3 Å². The first-order valence-corrected chi connectivity index (χ1v) is 12.0. The van der Waals surface area contributed by atoms with Crippen LogP contribution in [0.2, 0.25) is 0 Å². The van der Waals surface area contributed by atoms with Crippen molar-refractivity contribution in [1.29, 1.82) is 0 Å². The van der Waals surface area contributed by atoms with Crippen LogP contribution < -0.4 is 5.32 Å². The van der Waals surface area contributed by atoms with Gasteiger partial charge in [0.1, 0.15) is 0 Å². The second-order valence-corrected chi connectivity index (χ2v) is 8.94. The number of hydrogen-bond donors (Lipinski definition) is 1. The molecule has 7 nitrogen and oxygen atoms in total. The zero-order valence-corrected chi connectivity index (χ0v) is 22.2. The monoisotopic (exact) mass is 567 g/mol. The Morgan fingerprint density at radius 2 is 2.03 bits per heavy atom. The first-order valence-electron chi connectivity index (χ1n) is 12.0. The molecule has 2 saturated heterocycles. The largest absolute Gasteiger partial charge is 0.381 e. The van der Waals surface area contributed by atoms with Crippen LogP contribution in [-0.4, -0.2) is 59.6 Å². The summed E-state index contributed by atoms with van der Waals surface area (Å²) < 4.78 is 13.4. The Hall–Kier alpha value is -1.65. The van der Waals surface area contributed by atoms with Crippen LogP contribution in [-0.2, 0) is 36.1 Å². The van der Waals surface area contributed by atoms with E-state index in [1.807, 2.05) is 17.9 Å². The zero-order chi connectivity index (χ0) is 22.2. The smallest absolute Gasteiger partial charge is 0.194 e. The number of halogens is 1. The molecule has 3 heterocycles. The molecular weight excluding hydrogens is 529 g/mol. The van der Waals surface area contributed by atoms with Gasteiger partial charge in [-0.05, 0) is 55.2 Å². The Morgan fingerprint density at radius 3 is 2.79 bits per heavy atom. The predicted octanol–water partition coefficient (Wildman–Crippen LogP) is 3.76. The molecule has 0 radical (unpaired) electrons. The minimum atomic E-state index is 0. The van der Waals surface area contributed by atoms with Gasteiger partial charge in [-0.1, -0.05) is 24.3 Å². The van der Waals surface area contributed by atoms with Crippen molar-refractivity contribution in [2.24, 2.45) is 18.0 Å². The van der Waals surface area contributed by atoms with E-state index in [1.165, 1.54) is 23.1 Å². The van der Waals surface area contributed by atoms with Gasteiger partial charge in [0, 0.05) is 46.1 Å². The number of benzene rings is 1. The van der Waals surface area contributed by atoms with E-state index in [9.17, 15) is 0 Å². The lowest BCUT2D eigenvalue weighted by Gasteiger charge is -2.22. The molecular formula is C25H38IN5O2. The van der Waals surface area contributed by atoms with Gasteiger partial charge in [-0.2, -0.15) is 5.10 Å². The number of guanidine groups is 1. The highest BCUT2D eigenvalue weighted by atomic mass is 127. The van der Waals surface area contributed by atoms with E-state index in [-0.39, 0.29) is 24.0 Å². The molecule has 8 heteroatoms. The topological polar surface area (TPSA) is 63.9 Å². The van der Waals surface area contributed by atoms with Crippen LogP contribution in [0, 0.1) is 5.92 Å². The zero-order valence-electron chi connectivity index (χ0n) is 19.9. The van der Waals surface area contributed by atoms with Crippen molar-refractivity contribution >= 4 is 29.9 Å². The molecule has 0 aliphatic carbocycles. The lowest BCUT2D eigenvalue weighted by molar-refractivity contribution is -0.0390. The fourth-order valence-corrected chi connectivity index (χ4v) is 4.57. The average Bonchev–Trinajstić information content (AvgIpc) is 3.45. The first kappa shape index (κ1) is 26.0. The molecule has 4 rings (SSSR count). The molecule has 1 aromatic heterocycles. The van der Waals surface area contributed by atoms with E-state index in [0.717, 1.165) is 58.1 Å². The van der Waals surface area contributed by atoms with Crippen LogP contribution >= 0.6 is 24.0 Å². The predicted molar refractivity (Wildman–Crippen MR) is 142 cm³/mol. The summed E-state index contributed by atoms with van der Waals surface area (Å²) in [5.41, 5.74) is 3.76. The van der Waals surface area contributed by atoms with Gasteiger partial charge < -0.3 is 19.7 Å². The number of aliphatic imine (C=N–C) groups is 1. The summed E-state index contributed by atoms with van der Waals surface area (Å²) in [5.74, 6) is 1.67. The van der Waals surface area contributed by atoms with E-state index >= 15 is 0 Å². The summed E-state index contributed by atoms with van der Waals surface area (Å²) in [7, 11) is 1.98. The molecule has 1 atom stereocenters. The molecule has 2 fully saturated rings. The second-order valence-electron chi connectivity index (χ2n) is 8.94. The number of rotatable bonds is 8. The first-order chi connectivity index (χ1) is 15.7. The number of aryl methyl sites for hydroxylation is 1. The van der Waals surface area contributed by atoms with Crippen LogP contribution in [0.5, 0.6) is 0 Å². The maximum absolute atomic E-state index is 6.09. The van der Waals surface area contributed by atoms with Crippen LogP contribution in [0.4, 0.5) is 0 Å². The Labute approximate surface area is 214 Å². The van der Waals surface area contributed by atoms with Gasteiger partial charge in [-0.3, -0.25) is 4.68 Å². The maximum atomic E-state index is 6.09. The lowest BCUT2D eigenvalue weighted by Crippen LogP contribution is -2.40. The average molecular weight is 568 g/mol. The summed E-state index contributed by atoms with van der Waals surface area (Å²) in [6, 6.07) is 8.63. The quantitative estimate of drug-likeness (QED) is 0.299. The van der Waals surface area contributed by atoms with Gasteiger partial charge in [0.15, 0.2) is 5.96 Å². The van der Waals surface area contributed by atoms with Crippen molar-refractivity contribution in [3.8, 4) is 0 Å². The highest BCUT2D eigenvalue weighted by Gasteiger charge is 2.25. The number of aromatic nitrogens is 2. The van der Waals surface area contributed by atoms with Gasteiger partial charge in [0.05, 0.1) is 25.5 Å². The third kappa shape index (κ3) is 7.96. The third-order valence-electron chi connectivity index (χ3n) is 6.26. The highest BCUT2D eigenvalue weighted by Crippen LogP contribution is 2.21. The van der Waals surface area contributed by atoms with Gasteiger partial charge >= 0.3 is 0 Å². The molecule has 0 amide bonds. The number of likely N-dealkylation sites (tertiary alicyclic amines) is 1. The number of hydrogen-bond acceptors (Lipinski definition) is 4. The minimum Gasteiger partial charge on any atom is -0.381 e. The molecule has 1 aromatic carbocycles. The number of nitrogens with one attached hydrogen (secondary N) is 1. The molecule has 1 N–H and O–H groups in total. The van der Waals surface area contributed by atoms with E-state index in [0.29, 0.717) is 25.2 Å². The Bertz CT molecular complexity index is 881. The third-order valence-corrected chi connectivity index (χ3v) is 6.26. The molecule has 2 aromatic rings. The summed E-state index contributed by atoms with van der Waals surface area (Å²) in [5, 5.41) is 7.79. The van der Waals surface area contributed by atoms with Crippen LogP contribution in [0.1, 0.15) is 42.9 Å². The number of nitrogens with zero attached hydrogens (tertiary/aromatic N) is 4. The molecule has 0 saturated carbocycles. The van der Waals surface area contributed by atoms with E-state index in [4.69, 9.17) is 14.5 Å². The Balaban J connectivity index is 0.00000306. The Kier molecular flexibility index (Phi) is 10.5. The Morgan fingerprint density at radius 1 is 1.21 bits per heavy atom. The summed E-state index contributed by atoms with van der Waals surface area (Å²) in [6.45, 7) is 8.06. The van der Waals surface area contributed by atoms with Gasteiger partial charge in [0.2, 0.25) is 0 Å². The molecule has 182 valence electrons. The molecule has 2 aliphatic heterocycles. The SMILES string of the molecule is CCNC(=NCc1cccc(COC2CCOCC2)c1)N1CCC(Cc2cnn(C)c2)C1.I. The van der Waals surface area contributed by atoms with Crippen molar-refractivity contribution in [1.82, 2.24) is 20.0 Å². The van der Waals surface area contributed by atoms with Crippen molar-refractivity contribution < 1.29 is 9.47 Å². The molecule has 0 spiro atoms. The molecule has 33 heavy (non-hydrogen) atoms. The van der Waals surface area contributed by atoms with Crippen molar-refractivity contribution in [2.45, 2.75) is 51.9 Å². The van der Waals surface area contributed by atoms with Crippen LogP contribution in [0.25, 0.3) is 0 Å². The van der Waals surface area contributed by atoms with Crippen LogP contribution in [0.3, 0.4) is 0 Å². The normalized spacial score (nSPS) is 19.5. The summed E-state index contributed by atoms with van der Waals surface area (Å²) in [4.78, 5) is 7.37. The molecule has 2 aliphatic rings. The van der Waals surface area contributed by atoms with Gasteiger partial charge in [-0.25, -0.2) is 4.99 Å². The van der Waals surface area contributed by atoms with E-state index in [1.54, 1.807) is 0 Å². The van der Waals surface area contributed by atoms with Crippen molar-refractivity contribution in [2.75, 3.05) is 32.8 Å². The standard InChI is InChI=1S/C25H37N5O2.HI/c1-3-26-25(30-10-7-21(18-30)14-23-16-28-29(2)17-23)27-15-20-5-4-6-22(13-20)19-32-24-8-11-31-12-9-24;/h4-6,13,16-17,21,24H,3,7-12,14-15,18-19H2,1-2H3,(H,26,27);1H. The van der Waals surface area contributed by atoms with Gasteiger partial charge in [-0.15, -0.1) is 24.0 Å². The van der Waals surface area contributed by atoms with E-state index in [2.05, 4.69) is 52.7 Å². The van der Waals surface area contributed by atoms with E-state index < -0.39 is 0 Å². The molecule has 0 bridgehead atoms. The maximum Gasteiger partial charge on any atom is 0.194 e. The summed E-state index contributed by atoms with van der Waals surface area (Å²) in [6.07, 6.45) is 8.69. The molecule has 1 unspecified atom stereocenters. The second kappa shape index (κ2) is 13.3. The fraction of sp³-hybridized carbons (Fsp3) is 0.600. The van der Waals surface area contributed by atoms with Crippen LogP contribution in [0.15, 0.2) is 41.7 Å². The van der Waals surface area contributed by atoms with Crippen molar-refractivity contribution in [3.63, 3.8) is 0 Å². The minimum absolute atomic E-state index is 0. The highest BCUT2D eigenvalue weighted by molar-refractivity contribution is 14.0. The van der Waals surface area contributed by atoms with Gasteiger partial charge in [0.25, 0.3) is 0 Å². The summed E-state index contributed by atoms with van der Waals surface area (Å²) >= 11 is 0. The lowest BCUT2D eigenvalue weighted by atomic mass is 10.0.